The van der Waals surface area contributed by atoms with Gasteiger partial charge in [0.15, 0.2) is 5.69 Å². The van der Waals surface area contributed by atoms with Crippen molar-refractivity contribution in [3.8, 4) is 11.4 Å². The number of anilines is 1. The van der Waals surface area contributed by atoms with E-state index < -0.39 is 30.5 Å². The Hall–Kier alpha value is -3.60. The van der Waals surface area contributed by atoms with E-state index in [0.717, 1.165) is 16.8 Å². The van der Waals surface area contributed by atoms with Gasteiger partial charge < -0.3 is 10.8 Å². The normalized spacial score (nSPS) is 11.5. The standard InChI is InChI=1S/C19H18F2N6O3.ClH/c1-10-13(22)6-7-14(23-10)16-17(26(2)25-24-16)18(28)27(19(29)30)15(9-20)11-4-3-5-12(21)8-11;/h3-8,15H,9,22H2,1-2H3,(H,29,30);1H/t15-;/m1./s1. The molecule has 0 aliphatic rings. The number of halogens is 3. The van der Waals surface area contributed by atoms with Gasteiger partial charge in [0.05, 0.1) is 23.1 Å². The van der Waals surface area contributed by atoms with E-state index in [1.807, 2.05) is 0 Å². The minimum atomic E-state index is -1.71. The molecule has 3 rings (SSSR count). The van der Waals surface area contributed by atoms with Crippen LogP contribution in [0.15, 0.2) is 36.4 Å². The van der Waals surface area contributed by atoms with Crippen molar-refractivity contribution in [1.82, 2.24) is 24.9 Å². The second kappa shape index (κ2) is 9.47. The van der Waals surface area contributed by atoms with Gasteiger partial charge in [0.2, 0.25) is 0 Å². The first-order valence-corrected chi connectivity index (χ1v) is 8.75. The van der Waals surface area contributed by atoms with E-state index in [1.165, 1.54) is 25.2 Å². The number of pyridine rings is 1. The van der Waals surface area contributed by atoms with Crippen molar-refractivity contribution in [2.24, 2.45) is 7.05 Å². The molecule has 0 saturated heterocycles. The number of nitrogen functional groups attached to an aromatic ring is 1. The first kappa shape index (κ1) is 23.7. The Morgan fingerprint density at radius 2 is 2.00 bits per heavy atom. The highest BCUT2D eigenvalue weighted by Crippen LogP contribution is 2.28. The zero-order chi connectivity index (χ0) is 22.0. The van der Waals surface area contributed by atoms with E-state index in [0.29, 0.717) is 16.3 Å². The number of amides is 2. The van der Waals surface area contributed by atoms with E-state index in [4.69, 9.17) is 5.73 Å². The van der Waals surface area contributed by atoms with Crippen molar-refractivity contribution < 1.29 is 23.5 Å². The summed E-state index contributed by atoms with van der Waals surface area (Å²) in [6.45, 7) is 0.407. The van der Waals surface area contributed by atoms with Crippen LogP contribution in [0.2, 0.25) is 0 Å². The third-order valence-electron chi connectivity index (χ3n) is 4.51. The van der Waals surface area contributed by atoms with Crippen LogP contribution in [0.1, 0.15) is 27.8 Å². The number of benzene rings is 1. The van der Waals surface area contributed by atoms with E-state index in [2.05, 4.69) is 15.3 Å². The molecule has 3 aromatic rings. The molecule has 0 fully saturated rings. The fourth-order valence-electron chi connectivity index (χ4n) is 2.97. The number of aryl methyl sites for hydroxylation is 2. The van der Waals surface area contributed by atoms with Crippen LogP contribution in [0.5, 0.6) is 0 Å². The van der Waals surface area contributed by atoms with Crippen LogP contribution in [0.4, 0.5) is 19.3 Å². The van der Waals surface area contributed by atoms with E-state index in [1.54, 1.807) is 13.0 Å². The molecule has 164 valence electrons. The second-order valence-electron chi connectivity index (χ2n) is 6.46. The number of hydrogen-bond donors (Lipinski definition) is 2. The van der Waals surface area contributed by atoms with Crippen LogP contribution < -0.4 is 5.73 Å². The SMILES string of the molecule is Cc1nc(-c2nnn(C)c2C(=O)N(C(=O)O)[C@H](CF)c2cccc(F)c2)ccc1N.Cl. The summed E-state index contributed by atoms with van der Waals surface area (Å²) in [5, 5.41) is 17.4. The third kappa shape index (κ3) is 4.61. The Bertz CT molecular complexity index is 1120. The second-order valence-corrected chi connectivity index (χ2v) is 6.46. The summed E-state index contributed by atoms with van der Waals surface area (Å²) in [5.74, 6) is -1.76. The average molecular weight is 453 g/mol. The van der Waals surface area contributed by atoms with Crippen LogP contribution >= 0.6 is 12.4 Å². The molecule has 2 amide bonds. The number of carbonyl (C=O) groups is 2. The lowest BCUT2D eigenvalue weighted by Crippen LogP contribution is -2.41. The van der Waals surface area contributed by atoms with Gasteiger partial charge in [-0.2, -0.15) is 0 Å². The fraction of sp³-hybridized carbons (Fsp3) is 0.211. The van der Waals surface area contributed by atoms with Gasteiger partial charge in [0, 0.05) is 7.05 Å². The number of nitrogens with two attached hydrogens (primary N) is 1. The predicted octanol–water partition coefficient (Wildman–Crippen LogP) is 3.16. The number of carboxylic acid groups (broad SMARTS) is 1. The summed E-state index contributed by atoms with van der Waals surface area (Å²) >= 11 is 0. The number of rotatable bonds is 5. The smallest absolute Gasteiger partial charge is 0.415 e. The number of carbonyl (C=O) groups excluding carboxylic acids is 1. The van der Waals surface area contributed by atoms with Crippen molar-refractivity contribution in [2.75, 3.05) is 12.4 Å². The van der Waals surface area contributed by atoms with Gasteiger partial charge in [-0.25, -0.2) is 28.1 Å². The predicted molar refractivity (Wildman–Crippen MR) is 110 cm³/mol. The van der Waals surface area contributed by atoms with Gasteiger partial charge in [-0.05, 0) is 36.8 Å². The zero-order valence-electron chi connectivity index (χ0n) is 16.5. The first-order chi connectivity index (χ1) is 14.2. The van der Waals surface area contributed by atoms with Crippen molar-refractivity contribution in [3.05, 3.63) is 59.2 Å². The topological polar surface area (TPSA) is 127 Å². The molecule has 3 N–H and O–H groups in total. The molecule has 2 aromatic heterocycles. The Morgan fingerprint density at radius 3 is 2.58 bits per heavy atom. The summed E-state index contributed by atoms with van der Waals surface area (Å²) in [4.78, 5) is 29.7. The van der Waals surface area contributed by atoms with Gasteiger partial charge >= 0.3 is 6.09 Å². The highest BCUT2D eigenvalue weighted by Gasteiger charge is 2.36. The van der Waals surface area contributed by atoms with Crippen molar-refractivity contribution in [2.45, 2.75) is 13.0 Å². The minimum absolute atomic E-state index is 0. The molecule has 1 atom stereocenters. The molecular formula is C19H19ClF2N6O3. The Labute approximate surface area is 181 Å². The number of hydrogen-bond acceptors (Lipinski definition) is 6. The molecule has 1 aromatic carbocycles. The molecular weight excluding hydrogens is 434 g/mol. The Kier molecular flexibility index (Phi) is 7.24. The molecule has 0 aliphatic carbocycles. The van der Waals surface area contributed by atoms with Crippen LogP contribution in [0, 0.1) is 12.7 Å². The average Bonchev–Trinajstić information content (AvgIpc) is 3.08. The summed E-state index contributed by atoms with van der Waals surface area (Å²) in [5.41, 5.74) is 6.69. The Morgan fingerprint density at radius 1 is 1.29 bits per heavy atom. The maximum atomic E-state index is 13.9. The molecule has 0 spiro atoms. The molecule has 0 unspecified atom stereocenters. The van der Waals surface area contributed by atoms with Crippen molar-refractivity contribution in [3.63, 3.8) is 0 Å². The van der Waals surface area contributed by atoms with Crippen LogP contribution in [0.3, 0.4) is 0 Å². The molecule has 0 radical (unpaired) electrons. The molecule has 0 saturated carbocycles. The zero-order valence-corrected chi connectivity index (χ0v) is 17.3. The van der Waals surface area contributed by atoms with Crippen LogP contribution in [-0.2, 0) is 7.05 Å². The summed E-state index contributed by atoms with van der Waals surface area (Å²) in [6, 6.07) is 6.25. The fourth-order valence-corrected chi connectivity index (χ4v) is 2.97. The quantitative estimate of drug-likeness (QED) is 0.608. The number of aromatic nitrogens is 4. The van der Waals surface area contributed by atoms with Crippen molar-refractivity contribution >= 4 is 30.1 Å². The van der Waals surface area contributed by atoms with E-state index >= 15 is 0 Å². The van der Waals surface area contributed by atoms with E-state index in [-0.39, 0.29) is 35.1 Å². The third-order valence-corrected chi connectivity index (χ3v) is 4.51. The lowest BCUT2D eigenvalue weighted by atomic mass is 10.1. The van der Waals surface area contributed by atoms with Gasteiger partial charge in [-0.15, -0.1) is 17.5 Å². The maximum Gasteiger partial charge on any atom is 0.415 e. The molecule has 0 bridgehead atoms. The van der Waals surface area contributed by atoms with Gasteiger partial charge in [0.1, 0.15) is 18.2 Å². The van der Waals surface area contributed by atoms with Gasteiger partial charge in [-0.3, -0.25) is 4.79 Å². The van der Waals surface area contributed by atoms with Crippen LogP contribution in [0.25, 0.3) is 11.4 Å². The lowest BCUT2D eigenvalue weighted by Gasteiger charge is -2.26. The number of imide groups is 1. The maximum absolute atomic E-state index is 13.9. The largest absolute Gasteiger partial charge is 0.465 e. The monoisotopic (exact) mass is 452 g/mol. The minimum Gasteiger partial charge on any atom is -0.465 e. The van der Waals surface area contributed by atoms with Gasteiger partial charge in [-0.1, -0.05) is 17.3 Å². The Balaban J connectivity index is 0.00000341. The number of alkyl halides is 1. The van der Waals surface area contributed by atoms with E-state index in [9.17, 15) is 23.5 Å². The molecule has 0 aliphatic heterocycles. The first-order valence-electron chi connectivity index (χ1n) is 8.75. The number of nitrogens with zero attached hydrogens (tertiary/aromatic N) is 5. The highest BCUT2D eigenvalue weighted by molar-refractivity contribution is 6.05. The highest BCUT2D eigenvalue weighted by atomic mass is 35.5. The molecule has 2 heterocycles. The summed E-state index contributed by atoms with van der Waals surface area (Å²) in [7, 11) is 1.39. The van der Waals surface area contributed by atoms with Crippen molar-refractivity contribution in [1.29, 1.82) is 0 Å². The van der Waals surface area contributed by atoms with Gasteiger partial charge in [0.25, 0.3) is 5.91 Å². The van der Waals surface area contributed by atoms with Crippen LogP contribution in [-0.4, -0.2) is 48.7 Å². The molecule has 12 heteroatoms. The summed E-state index contributed by atoms with van der Waals surface area (Å²) < 4.78 is 28.5. The molecule has 31 heavy (non-hydrogen) atoms. The molecule has 9 nitrogen and oxygen atoms in total. The summed E-state index contributed by atoms with van der Waals surface area (Å²) in [6.07, 6.45) is -1.71. The lowest BCUT2D eigenvalue weighted by molar-refractivity contribution is 0.0625.